The maximum Gasteiger partial charge on any atom is 0.337 e. The highest BCUT2D eigenvalue weighted by atomic mass is 79.9. The molecule has 2 rings (SSSR count). The molecule has 2 aromatic carbocycles. The third-order valence-corrected chi connectivity index (χ3v) is 4.49. The van der Waals surface area contributed by atoms with Crippen LogP contribution >= 0.6 is 27.5 Å². The maximum absolute atomic E-state index is 12.3. The van der Waals surface area contributed by atoms with Crippen LogP contribution in [-0.2, 0) is 6.42 Å². The number of carbonyl (C=O) groups is 2. The van der Waals surface area contributed by atoms with Crippen molar-refractivity contribution in [3.8, 4) is 0 Å². The summed E-state index contributed by atoms with van der Waals surface area (Å²) in [6, 6.07) is 10.0. The second-order valence-corrected chi connectivity index (χ2v) is 6.28. The first kappa shape index (κ1) is 17.5. The van der Waals surface area contributed by atoms with E-state index in [-0.39, 0.29) is 17.2 Å². The summed E-state index contributed by atoms with van der Waals surface area (Å²) in [5.41, 5.74) is 1.74. The minimum Gasteiger partial charge on any atom is -0.478 e. The normalized spacial score (nSPS) is 10.4. The minimum absolute atomic E-state index is 0.0303. The molecule has 0 bridgehead atoms. The van der Waals surface area contributed by atoms with Crippen LogP contribution in [-0.4, -0.2) is 17.0 Å². The van der Waals surface area contributed by atoms with E-state index in [2.05, 4.69) is 28.2 Å². The molecule has 23 heavy (non-hydrogen) atoms. The third-order valence-electron chi connectivity index (χ3n) is 3.29. The van der Waals surface area contributed by atoms with Gasteiger partial charge in [0.15, 0.2) is 0 Å². The molecule has 120 valence electrons. The number of hydrogen-bond donors (Lipinski definition) is 2. The van der Waals surface area contributed by atoms with E-state index >= 15 is 0 Å². The second-order valence-electron chi connectivity index (χ2n) is 5.02. The minimum atomic E-state index is -1.14. The van der Waals surface area contributed by atoms with Gasteiger partial charge in [0, 0.05) is 10.0 Å². The molecule has 0 aliphatic carbocycles. The van der Waals surface area contributed by atoms with Gasteiger partial charge >= 0.3 is 5.97 Å². The van der Waals surface area contributed by atoms with Crippen molar-refractivity contribution >= 4 is 45.1 Å². The van der Waals surface area contributed by atoms with Crippen LogP contribution in [0.3, 0.4) is 0 Å². The molecule has 1 amide bonds. The number of halogens is 2. The lowest BCUT2D eigenvalue weighted by molar-refractivity contribution is 0.0698. The second kappa shape index (κ2) is 7.62. The van der Waals surface area contributed by atoms with Crippen molar-refractivity contribution in [1.82, 2.24) is 0 Å². The van der Waals surface area contributed by atoms with Crippen molar-refractivity contribution in [2.45, 2.75) is 19.8 Å². The smallest absolute Gasteiger partial charge is 0.337 e. The Morgan fingerprint density at radius 2 is 1.87 bits per heavy atom. The quantitative estimate of drug-likeness (QED) is 0.747. The van der Waals surface area contributed by atoms with E-state index in [1.807, 2.05) is 12.1 Å². The summed E-state index contributed by atoms with van der Waals surface area (Å²) in [6.07, 6.45) is 1.98. The van der Waals surface area contributed by atoms with Crippen LogP contribution in [0.2, 0.25) is 5.02 Å². The van der Waals surface area contributed by atoms with E-state index in [1.165, 1.54) is 12.1 Å². The molecule has 0 saturated carbocycles. The Kier molecular flexibility index (Phi) is 5.80. The van der Waals surface area contributed by atoms with Crippen molar-refractivity contribution in [2.75, 3.05) is 5.32 Å². The molecule has 0 aliphatic heterocycles. The first-order chi connectivity index (χ1) is 10.9. The number of nitrogens with one attached hydrogen (secondary N) is 1. The van der Waals surface area contributed by atoms with Gasteiger partial charge in [-0.1, -0.05) is 37.1 Å². The van der Waals surface area contributed by atoms with Crippen molar-refractivity contribution < 1.29 is 14.7 Å². The predicted molar refractivity (Wildman–Crippen MR) is 94.5 cm³/mol. The van der Waals surface area contributed by atoms with E-state index < -0.39 is 5.97 Å². The lowest BCUT2D eigenvalue weighted by atomic mass is 10.1. The molecule has 0 unspecified atom stereocenters. The molecule has 0 fully saturated rings. The molecule has 0 heterocycles. The summed E-state index contributed by atoms with van der Waals surface area (Å²) >= 11 is 9.16. The average Bonchev–Trinajstić information content (AvgIpc) is 2.51. The Hall–Kier alpha value is -1.85. The zero-order valence-corrected chi connectivity index (χ0v) is 14.7. The number of rotatable bonds is 5. The lowest BCUT2D eigenvalue weighted by Gasteiger charge is -2.10. The van der Waals surface area contributed by atoms with Crippen LogP contribution in [0.1, 0.15) is 39.6 Å². The molecule has 2 aromatic rings. The van der Waals surface area contributed by atoms with Gasteiger partial charge in [-0.25, -0.2) is 4.79 Å². The molecule has 0 aromatic heterocycles. The number of benzene rings is 2. The topological polar surface area (TPSA) is 66.4 Å². The van der Waals surface area contributed by atoms with Crippen molar-refractivity contribution in [3.63, 3.8) is 0 Å². The number of carboxylic acids is 1. The molecule has 2 N–H and O–H groups in total. The Morgan fingerprint density at radius 3 is 2.43 bits per heavy atom. The van der Waals surface area contributed by atoms with Gasteiger partial charge in [0.2, 0.25) is 0 Å². The fourth-order valence-corrected chi connectivity index (χ4v) is 2.64. The van der Waals surface area contributed by atoms with E-state index in [4.69, 9.17) is 11.6 Å². The van der Waals surface area contributed by atoms with E-state index in [1.54, 1.807) is 12.1 Å². The number of carbonyl (C=O) groups excluding carboxylic acids is 1. The summed E-state index contributed by atoms with van der Waals surface area (Å²) in [4.78, 5) is 23.6. The van der Waals surface area contributed by atoms with Crippen LogP contribution in [0.15, 0.2) is 40.9 Å². The van der Waals surface area contributed by atoms with Gasteiger partial charge < -0.3 is 10.4 Å². The van der Waals surface area contributed by atoms with Crippen LogP contribution < -0.4 is 5.32 Å². The zero-order chi connectivity index (χ0) is 17.0. The van der Waals surface area contributed by atoms with Crippen molar-refractivity contribution in [2.24, 2.45) is 0 Å². The van der Waals surface area contributed by atoms with E-state index in [9.17, 15) is 14.7 Å². The van der Waals surface area contributed by atoms with Gasteiger partial charge in [0.25, 0.3) is 5.91 Å². The highest BCUT2D eigenvalue weighted by Crippen LogP contribution is 2.29. The molecule has 6 heteroatoms. The Morgan fingerprint density at radius 1 is 1.22 bits per heavy atom. The first-order valence-electron chi connectivity index (χ1n) is 7.05. The standard InChI is InChI=1S/C17H15BrClNO3/c1-2-3-10-4-6-11(7-5-10)16(21)20-15-9-14(19)13(18)8-12(15)17(22)23/h4-9H,2-3H2,1H3,(H,20,21)(H,22,23). The lowest BCUT2D eigenvalue weighted by Crippen LogP contribution is -2.15. The van der Waals surface area contributed by atoms with Crippen LogP contribution in [0.4, 0.5) is 5.69 Å². The Balaban J connectivity index is 2.26. The van der Waals surface area contributed by atoms with Gasteiger partial charge in [-0.15, -0.1) is 0 Å². The fourth-order valence-electron chi connectivity index (χ4n) is 2.13. The van der Waals surface area contributed by atoms with Gasteiger partial charge in [-0.3, -0.25) is 4.79 Å². The van der Waals surface area contributed by atoms with E-state index in [0.29, 0.717) is 15.1 Å². The number of amides is 1. The van der Waals surface area contributed by atoms with Gasteiger partial charge in [0.05, 0.1) is 16.3 Å². The molecular weight excluding hydrogens is 382 g/mol. The number of anilines is 1. The summed E-state index contributed by atoms with van der Waals surface area (Å²) in [5.74, 6) is -1.52. The van der Waals surface area contributed by atoms with Crippen LogP contribution in [0, 0.1) is 0 Å². The molecule has 0 radical (unpaired) electrons. The van der Waals surface area contributed by atoms with Crippen molar-refractivity contribution in [3.05, 3.63) is 62.6 Å². The number of aromatic carboxylic acids is 1. The monoisotopic (exact) mass is 395 g/mol. The van der Waals surface area contributed by atoms with Gasteiger partial charge in [-0.2, -0.15) is 0 Å². The summed E-state index contributed by atoms with van der Waals surface area (Å²) < 4.78 is 0.457. The fraction of sp³-hybridized carbons (Fsp3) is 0.176. The van der Waals surface area contributed by atoms with Crippen LogP contribution in [0.25, 0.3) is 0 Å². The van der Waals surface area contributed by atoms with Crippen molar-refractivity contribution in [1.29, 1.82) is 0 Å². The highest BCUT2D eigenvalue weighted by Gasteiger charge is 2.16. The molecule has 0 spiro atoms. The number of carboxylic acid groups (broad SMARTS) is 1. The molecule has 0 aliphatic rings. The molecule has 4 nitrogen and oxygen atoms in total. The van der Waals surface area contributed by atoms with Crippen LogP contribution in [0.5, 0.6) is 0 Å². The largest absolute Gasteiger partial charge is 0.478 e. The first-order valence-corrected chi connectivity index (χ1v) is 8.22. The molecule has 0 saturated heterocycles. The van der Waals surface area contributed by atoms with Gasteiger partial charge in [0.1, 0.15) is 0 Å². The Bertz CT molecular complexity index is 744. The molecule has 0 atom stereocenters. The highest BCUT2D eigenvalue weighted by molar-refractivity contribution is 9.10. The maximum atomic E-state index is 12.3. The summed E-state index contributed by atoms with van der Waals surface area (Å²) in [7, 11) is 0. The average molecular weight is 397 g/mol. The third kappa shape index (κ3) is 4.33. The SMILES string of the molecule is CCCc1ccc(C(=O)Nc2cc(Cl)c(Br)cc2C(=O)O)cc1. The molecular formula is C17H15BrClNO3. The summed E-state index contributed by atoms with van der Waals surface area (Å²) in [6.45, 7) is 2.09. The van der Waals surface area contributed by atoms with E-state index in [0.717, 1.165) is 18.4 Å². The Labute approximate surface area is 147 Å². The summed E-state index contributed by atoms with van der Waals surface area (Å²) in [5, 5.41) is 12.2. The zero-order valence-electron chi connectivity index (χ0n) is 12.4. The number of hydrogen-bond acceptors (Lipinski definition) is 2. The number of aryl methyl sites for hydroxylation is 1. The van der Waals surface area contributed by atoms with Gasteiger partial charge in [-0.05, 0) is 52.2 Å². The predicted octanol–water partition coefficient (Wildman–Crippen LogP) is 5.01.